The van der Waals surface area contributed by atoms with E-state index < -0.39 is 20.5 Å². The normalized spacial score (nSPS) is 21.4. The lowest BCUT2D eigenvalue weighted by Gasteiger charge is -2.35. The average molecular weight is 381 g/mol. The van der Waals surface area contributed by atoms with Gasteiger partial charge in [-0.05, 0) is 55.9 Å². The summed E-state index contributed by atoms with van der Waals surface area (Å²) < 4.78 is 24.9. The van der Waals surface area contributed by atoms with Gasteiger partial charge in [-0.25, -0.2) is 13.9 Å². The molecule has 1 aliphatic carbocycles. The van der Waals surface area contributed by atoms with Crippen LogP contribution >= 0.6 is 0 Å². The lowest BCUT2D eigenvalue weighted by atomic mass is 9.88. The van der Waals surface area contributed by atoms with E-state index in [1.54, 1.807) is 17.6 Å². The van der Waals surface area contributed by atoms with Gasteiger partial charge in [0.1, 0.15) is 0 Å². The first-order valence-corrected chi connectivity index (χ1v) is 10.9. The molecule has 1 aromatic carbocycles. The minimum Gasteiger partial charge on any atom is -0.372 e. The number of hydroxylamine groups is 1. The molecule has 0 atom stereocenters. The number of carbonyl (C=O) groups excluding carboxylic acids is 1. The van der Waals surface area contributed by atoms with Crippen molar-refractivity contribution in [3.05, 3.63) is 24.3 Å². The zero-order valence-corrected chi connectivity index (χ0v) is 16.1. The molecule has 26 heavy (non-hydrogen) atoms. The molecule has 2 fully saturated rings. The Morgan fingerprint density at radius 1 is 1.12 bits per heavy atom. The number of hydrogen-bond donors (Lipinski definition) is 2. The van der Waals surface area contributed by atoms with E-state index in [4.69, 9.17) is 5.21 Å². The zero-order valence-electron chi connectivity index (χ0n) is 15.3. The van der Waals surface area contributed by atoms with Crippen molar-refractivity contribution in [3.63, 3.8) is 0 Å². The summed E-state index contributed by atoms with van der Waals surface area (Å²) in [5, 5.41) is 9.13. The van der Waals surface area contributed by atoms with Gasteiger partial charge in [0, 0.05) is 18.8 Å². The molecule has 1 saturated carbocycles. The fraction of sp³-hybridized carbons (Fsp3) is 0.632. The first-order valence-electron chi connectivity index (χ1n) is 9.45. The van der Waals surface area contributed by atoms with Crippen LogP contribution in [0.5, 0.6) is 0 Å². The molecule has 2 aliphatic rings. The zero-order chi connectivity index (χ0) is 18.8. The molecule has 1 aliphatic heterocycles. The molecule has 1 amide bonds. The number of benzene rings is 1. The Morgan fingerprint density at radius 3 is 2.23 bits per heavy atom. The van der Waals surface area contributed by atoms with Gasteiger partial charge in [0.05, 0.1) is 4.90 Å². The summed E-state index contributed by atoms with van der Waals surface area (Å²) in [6.07, 6.45) is 5.00. The lowest BCUT2D eigenvalue weighted by Crippen LogP contribution is -2.52. The standard InChI is InChI=1S/C19H28N2O4S/c1-15-9-13-21(14-10-15)16-5-7-17(8-6-16)26(24,25)19(18(22)20-23)11-3-2-4-12-19/h5-8,15,23H,2-4,9-14H2,1H3,(H,20,22). The predicted molar refractivity (Wildman–Crippen MR) is 100.0 cm³/mol. The van der Waals surface area contributed by atoms with Gasteiger partial charge in [-0.3, -0.25) is 10.0 Å². The minimum atomic E-state index is -3.88. The molecule has 6 nitrogen and oxygen atoms in total. The van der Waals surface area contributed by atoms with Crippen molar-refractivity contribution < 1.29 is 18.4 Å². The Hall–Kier alpha value is -1.60. The monoisotopic (exact) mass is 380 g/mol. The van der Waals surface area contributed by atoms with E-state index in [-0.39, 0.29) is 17.7 Å². The summed E-state index contributed by atoms with van der Waals surface area (Å²) in [5.41, 5.74) is 2.61. The molecule has 1 saturated heterocycles. The van der Waals surface area contributed by atoms with Crippen molar-refractivity contribution in [2.24, 2.45) is 5.92 Å². The topological polar surface area (TPSA) is 86.7 Å². The molecule has 0 spiro atoms. The number of carbonyl (C=O) groups is 1. The highest BCUT2D eigenvalue weighted by Gasteiger charge is 2.51. The van der Waals surface area contributed by atoms with Gasteiger partial charge in [0.25, 0.3) is 5.91 Å². The van der Waals surface area contributed by atoms with Crippen LogP contribution in [0.2, 0.25) is 0 Å². The number of piperidine rings is 1. The van der Waals surface area contributed by atoms with E-state index in [1.165, 1.54) is 0 Å². The number of hydrogen-bond acceptors (Lipinski definition) is 5. The third-order valence-corrected chi connectivity index (χ3v) is 8.50. The van der Waals surface area contributed by atoms with E-state index in [0.29, 0.717) is 12.8 Å². The van der Waals surface area contributed by atoms with Crippen molar-refractivity contribution in [2.75, 3.05) is 18.0 Å². The maximum absolute atomic E-state index is 13.3. The highest BCUT2D eigenvalue weighted by molar-refractivity contribution is 7.93. The highest BCUT2D eigenvalue weighted by Crippen LogP contribution is 2.39. The second-order valence-corrected chi connectivity index (χ2v) is 9.92. The Labute approximate surface area is 155 Å². The molecule has 0 unspecified atom stereocenters. The number of sulfone groups is 1. The number of amides is 1. The van der Waals surface area contributed by atoms with E-state index in [0.717, 1.165) is 44.0 Å². The first kappa shape index (κ1) is 19.2. The lowest BCUT2D eigenvalue weighted by molar-refractivity contribution is -0.132. The summed E-state index contributed by atoms with van der Waals surface area (Å²) in [4.78, 5) is 14.7. The first-order chi connectivity index (χ1) is 12.4. The molecular weight excluding hydrogens is 352 g/mol. The molecule has 144 valence electrons. The van der Waals surface area contributed by atoms with Crippen LogP contribution in [0.1, 0.15) is 51.9 Å². The van der Waals surface area contributed by atoms with Crippen LogP contribution in [0.15, 0.2) is 29.2 Å². The number of rotatable bonds is 4. The predicted octanol–water partition coefficient (Wildman–Crippen LogP) is 2.90. The molecule has 0 aromatic heterocycles. The number of anilines is 1. The SMILES string of the molecule is CC1CCN(c2ccc(S(=O)(=O)C3(C(=O)NO)CCCCC3)cc2)CC1. The Kier molecular flexibility index (Phi) is 5.58. The molecule has 0 radical (unpaired) electrons. The van der Waals surface area contributed by atoms with Crippen LogP contribution < -0.4 is 10.4 Å². The van der Waals surface area contributed by atoms with Gasteiger partial charge >= 0.3 is 0 Å². The van der Waals surface area contributed by atoms with Crippen molar-refractivity contribution >= 4 is 21.4 Å². The van der Waals surface area contributed by atoms with Gasteiger partial charge < -0.3 is 4.90 Å². The van der Waals surface area contributed by atoms with E-state index >= 15 is 0 Å². The third-order valence-electron chi connectivity index (χ3n) is 5.99. The average Bonchev–Trinajstić information content (AvgIpc) is 2.68. The minimum absolute atomic E-state index is 0.150. The van der Waals surface area contributed by atoms with E-state index in [1.807, 2.05) is 12.1 Å². The van der Waals surface area contributed by atoms with Crippen LogP contribution in [0.3, 0.4) is 0 Å². The maximum Gasteiger partial charge on any atom is 0.265 e. The fourth-order valence-corrected chi connectivity index (χ4v) is 6.23. The maximum atomic E-state index is 13.3. The smallest absolute Gasteiger partial charge is 0.265 e. The Morgan fingerprint density at radius 2 is 1.69 bits per heavy atom. The van der Waals surface area contributed by atoms with Gasteiger partial charge in [-0.2, -0.15) is 0 Å². The van der Waals surface area contributed by atoms with Crippen molar-refractivity contribution in [2.45, 2.75) is 61.5 Å². The largest absolute Gasteiger partial charge is 0.372 e. The number of nitrogens with one attached hydrogen (secondary N) is 1. The van der Waals surface area contributed by atoms with Crippen LogP contribution in [0.4, 0.5) is 5.69 Å². The van der Waals surface area contributed by atoms with Crippen molar-refractivity contribution in [1.82, 2.24) is 5.48 Å². The molecule has 3 rings (SSSR count). The summed E-state index contributed by atoms with van der Waals surface area (Å²) in [7, 11) is -3.88. The molecule has 1 heterocycles. The summed E-state index contributed by atoms with van der Waals surface area (Å²) in [6, 6.07) is 6.86. The van der Waals surface area contributed by atoms with Crippen molar-refractivity contribution in [3.8, 4) is 0 Å². The van der Waals surface area contributed by atoms with Gasteiger partial charge in [0.2, 0.25) is 0 Å². The van der Waals surface area contributed by atoms with Crippen LogP contribution in [0, 0.1) is 5.92 Å². The van der Waals surface area contributed by atoms with Gasteiger partial charge in [-0.15, -0.1) is 0 Å². The molecule has 7 heteroatoms. The molecule has 1 aromatic rings. The Balaban J connectivity index is 1.87. The summed E-state index contributed by atoms with van der Waals surface area (Å²) >= 11 is 0. The molecular formula is C19H28N2O4S. The quantitative estimate of drug-likeness (QED) is 0.619. The van der Waals surface area contributed by atoms with Crippen molar-refractivity contribution in [1.29, 1.82) is 0 Å². The number of nitrogens with zero attached hydrogens (tertiary/aromatic N) is 1. The van der Waals surface area contributed by atoms with Gasteiger partial charge in [0.15, 0.2) is 14.6 Å². The summed E-state index contributed by atoms with van der Waals surface area (Å²) in [6.45, 7) is 4.21. The highest BCUT2D eigenvalue weighted by atomic mass is 32.2. The fourth-order valence-electron chi connectivity index (χ4n) is 4.17. The van der Waals surface area contributed by atoms with Crippen LogP contribution in [0.25, 0.3) is 0 Å². The van der Waals surface area contributed by atoms with E-state index in [2.05, 4.69) is 11.8 Å². The third kappa shape index (κ3) is 3.34. The van der Waals surface area contributed by atoms with E-state index in [9.17, 15) is 13.2 Å². The molecule has 2 N–H and O–H groups in total. The molecule has 0 bridgehead atoms. The van der Waals surface area contributed by atoms with Crippen LogP contribution in [-0.2, 0) is 14.6 Å². The Bertz CT molecular complexity index is 731. The second-order valence-electron chi connectivity index (χ2n) is 7.66. The second kappa shape index (κ2) is 7.56. The van der Waals surface area contributed by atoms with Gasteiger partial charge in [-0.1, -0.05) is 26.2 Å². The summed E-state index contributed by atoms with van der Waals surface area (Å²) in [5.74, 6) is -0.0830. The van der Waals surface area contributed by atoms with Crippen LogP contribution in [-0.4, -0.2) is 37.4 Å².